The van der Waals surface area contributed by atoms with Gasteiger partial charge < -0.3 is 10.4 Å². The molecule has 1 aromatic carbocycles. The zero-order valence-electron chi connectivity index (χ0n) is 17.1. The first-order chi connectivity index (χ1) is 14.8. The van der Waals surface area contributed by atoms with Crippen LogP contribution in [0.25, 0.3) is 10.9 Å². The van der Waals surface area contributed by atoms with Gasteiger partial charge in [0, 0.05) is 18.5 Å². The van der Waals surface area contributed by atoms with Crippen molar-refractivity contribution in [2.45, 2.75) is 49.6 Å². The van der Waals surface area contributed by atoms with Crippen LogP contribution >= 0.6 is 0 Å². The second-order valence-corrected chi connectivity index (χ2v) is 10.2. The Hall–Kier alpha value is -2.56. The van der Waals surface area contributed by atoms with Crippen LogP contribution in [0.3, 0.4) is 0 Å². The molecule has 0 radical (unpaired) electrons. The van der Waals surface area contributed by atoms with Crippen LogP contribution < -0.4 is 5.32 Å². The molecule has 2 aliphatic rings. The molecule has 0 unspecified atom stereocenters. The molecule has 0 amide bonds. The highest BCUT2D eigenvalue weighted by molar-refractivity contribution is 7.89. The molecule has 1 aliphatic carbocycles. The lowest BCUT2D eigenvalue weighted by molar-refractivity contribution is 0.113. The Kier molecular flexibility index (Phi) is 4.95. The number of sulfonamides is 1. The highest BCUT2D eigenvalue weighted by Gasteiger charge is 2.31. The number of piperidine rings is 1. The summed E-state index contributed by atoms with van der Waals surface area (Å²) in [4.78, 5) is 4.27. The standard InChI is InChI=1S/C21H24FN5O3S/c1-13-10-20(23-12-18(13)22)24-21-17-11-16(4-5-19(17)27(25-21)14-2-3-14)31(29,30)26-8-6-15(28)7-9-26/h4-5,10-12,14-15,28H,2-3,6-9H2,1H3,(H,23,24,25). The number of halogens is 1. The van der Waals surface area contributed by atoms with E-state index in [4.69, 9.17) is 0 Å². The molecule has 2 fully saturated rings. The minimum Gasteiger partial charge on any atom is -0.393 e. The quantitative estimate of drug-likeness (QED) is 0.626. The van der Waals surface area contributed by atoms with Crippen molar-refractivity contribution in [2.24, 2.45) is 0 Å². The van der Waals surface area contributed by atoms with Gasteiger partial charge >= 0.3 is 0 Å². The van der Waals surface area contributed by atoms with Gasteiger partial charge in [0.15, 0.2) is 5.82 Å². The number of aromatic nitrogens is 3. The van der Waals surface area contributed by atoms with Crippen LogP contribution in [0, 0.1) is 12.7 Å². The number of hydrogen-bond acceptors (Lipinski definition) is 6. The Morgan fingerprint density at radius 3 is 2.58 bits per heavy atom. The van der Waals surface area contributed by atoms with Gasteiger partial charge in [-0.05, 0) is 62.4 Å². The topological polar surface area (TPSA) is 100 Å². The summed E-state index contributed by atoms with van der Waals surface area (Å²) in [7, 11) is -3.68. The number of aryl methyl sites for hydroxylation is 1. The fourth-order valence-corrected chi connectivity index (χ4v) is 5.43. The molecule has 2 N–H and O–H groups in total. The molecule has 164 valence electrons. The van der Waals surface area contributed by atoms with Crippen LogP contribution in [0.5, 0.6) is 0 Å². The first kappa shape index (κ1) is 20.3. The van der Waals surface area contributed by atoms with Crippen LogP contribution in [0.15, 0.2) is 35.4 Å². The number of hydrogen-bond donors (Lipinski definition) is 2. The maximum absolute atomic E-state index is 13.6. The molecule has 0 bridgehead atoms. The van der Waals surface area contributed by atoms with Gasteiger partial charge in [-0.3, -0.25) is 4.68 Å². The molecule has 3 aromatic rings. The van der Waals surface area contributed by atoms with E-state index in [0.29, 0.717) is 54.6 Å². The van der Waals surface area contributed by atoms with Crippen LogP contribution in [-0.4, -0.2) is 51.8 Å². The van der Waals surface area contributed by atoms with E-state index < -0.39 is 16.1 Å². The largest absolute Gasteiger partial charge is 0.393 e. The van der Waals surface area contributed by atoms with E-state index in [1.54, 1.807) is 31.2 Å². The molecular formula is C21H24FN5O3S. The summed E-state index contributed by atoms with van der Waals surface area (Å²) in [5.74, 6) is 0.546. The number of rotatable bonds is 5. The Morgan fingerprint density at radius 2 is 1.90 bits per heavy atom. The number of nitrogens with one attached hydrogen (secondary N) is 1. The second kappa shape index (κ2) is 7.54. The third-order valence-corrected chi connectivity index (χ3v) is 7.82. The monoisotopic (exact) mass is 445 g/mol. The predicted octanol–water partition coefficient (Wildman–Crippen LogP) is 3.10. The van der Waals surface area contributed by atoms with Gasteiger partial charge in [0.2, 0.25) is 10.0 Å². The van der Waals surface area contributed by atoms with Crippen molar-refractivity contribution in [1.82, 2.24) is 19.1 Å². The Bertz CT molecular complexity index is 1250. The SMILES string of the molecule is Cc1cc(Nc2nn(C3CC3)c3ccc(S(=O)(=O)N4CCC(O)CC4)cc23)ncc1F. The van der Waals surface area contributed by atoms with Crippen molar-refractivity contribution >= 4 is 32.6 Å². The maximum atomic E-state index is 13.6. The first-order valence-corrected chi connectivity index (χ1v) is 11.9. The molecule has 8 nitrogen and oxygen atoms in total. The normalized spacial score (nSPS) is 18.5. The minimum absolute atomic E-state index is 0.193. The van der Waals surface area contributed by atoms with Crippen molar-refractivity contribution in [2.75, 3.05) is 18.4 Å². The average Bonchev–Trinajstić information content (AvgIpc) is 3.53. The average molecular weight is 446 g/mol. The van der Waals surface area contributed by atoms with E-state index >= 15 is 0 Å². The summed E-state index contributed by atoms with van der Waals surface area (Å²) in [6, 6.07) is 6.94. The number of pyridine rings is 1. The fraction of sp³-hybridized carbons (Fsp3) is 0.429. The van der Waals surface area contributed by atoms with Crippen molar-refractivity contribution in [3.63, 3.8) is 0 Å². The van der Waals surface area contributed by atoms with Gasteiger partial charge in [-0.2, -0.15) is 9.40 Å². The van der Waals surface area contributed by atoms with Gasteiger partial charge in [0.25, 0.3) is 0 Å². The molecule has 1 saturated carbocycles. The third kappa shape index (κ3) is 3.79. The minimum atomic E-state index is -3.68. The van der Waals surface area contributed by atoms with Crippen LogP contribution in [-0.2, 0) is 10.0 Å². The van der Waals surface area contributed by atoms with Crippen molar-refractivity contribution in [3.05, 3.63) is 41.8 Å². The number of benzene rings is 1. The van der Waals surface area contributed by atoms with E-state index in [2.05, 4.69) is 15.4 Å². The maximum Gasteiger partial charge on any atom is 0.243 e. The van der Waals surface area contributed by atoms with E-state index in [1.165, 1.54) is 4.31 Å². The summed E-state index contributed by atoms with van der Waals surface area (Å²) in [5.41, 5.74) is 1.30. The lowest BCUT2D eigenvalue weighted by Gasteiger charge is -2.28. The van der Waals surface area contributed by atoms with Crippen LogP contribution in [0.4, 0.5) is 16.0 Å². The zero-order valence-corrected chi connectivity index (χ0v) is 17.9. The molecule has 5 rings (SSSR count). The van der Waals surface area contributed by atoms with Gasteiger partial charge in [0.05, 0.1) is 28.8 Å². The van der Waals surface area contributed by atoms with Crippen molar-refractivity contribution < 1.29 is 17.9 Å². The number of aliphatic hydroxyl groups is 1. The molecular weight excluding hydrogens is 421 g/mol. The number of anilines is 2. The van der Waals surface area contributed by atoms with Crippen LogP contribution in [0.1, 0.15) is 37.3 Å². The van der Waals surface area contributed by atoms with Gasteiger partial charge in [-0.15, -0.1) is 0 Å². The molecule has 10 heteroatoms. The van der Waals surface area contributed by atoms with E-state index in [9.17, 15) is 17.9 Å². The van der Waals surface area contributed by atoms with E-state index in [-0.39, 0.29) is 10.7 Å². The predicted molar refractivity (Wildman–Crippen MR) is 114 cm³/mol. The molecule has 1 aliphatic heterocycles. The summed E-state index contributed by atoms with van der Waals surface area (Å²) >= 11 is 0. The number of fused-ring (bicyclic) bond motifs is 1. The molecule has 0 spiro atoms. The van der Waals surface area contributed by atoms with E-state index in [1.807, 2.05) is 4.68 Å². The smallest absolute Gasteiger partial charge is 0.243 e. The van der Waals surface area contributed by atoms with Crippen molar-refractivity contribution in [1.29, 1.82) is 0 Å². The van der Waals surface area contributed by atoms with Crippen molar-refractivity contribution in [3.8, 4) is 0 Å². The molecule has 2 aromatic heterocycles. The summed E-state index contributed by atoms with van der Waals surface area (Å²) in [6.07, 6.45) is 3.62. The van der Waals surface area contributed by atoms with Gasteiger partial charge in [-0.1, -0.05) is 0 Å². The Balaban J connectivity index is 1.55. The second-order valence-electron chi connectivity index (χ2n) is 8.28. The molecule has 1 saturated heterocycles. The summed E-state index contributed by atoms with van der Waals surface area (Å²) in [5, 5.41) is 18.2. The van der Waals surface area contributed by atoms with E-state index in [0.717, 1.165) is 24.6 Å². The lowest BCUT2D eigenvalue weighted by Crippen LogP contribution is -2.39. The van der Waals surface area contributed by atoms with Crippen LogP contribution in [0.2, 0.25) is 0 Å². The first-order valence-electron chi connectivity index (χ1n) is 10.4. The summed E-state index contributed by atoms with van der Waals surface area (Å²) in [6.45, 7) is 2.25. The molecule has 31 heavy (non-hydrogen) atoms. The Labute approximate surface area is 179 Å². The number of nitrogens with zero attached hydrogens (tertiary/aromatic N) is 4. The molecule has 3 heterocycles. The third-order valence-electron chi connectivity index (χ3n) is 5.93. The zero-order chi connectivity index (χ0) is 21.8. The summed E-state index contributed by atoms with van der Waals surface area (Å²) < 4.78 is 43.3. The highest BCUT2D eigenvalue weighted by Crippen LogP contribution is 2.40. The highest BCUT2D eigenvalue weighted by atomic mass is 32.2. The Morgan fingerprint density at radius 1 is 1.16 bits per heavy atom. The van der Waals surface area contributed by atoms with Gasteiger partial charge in [-0.25, -0.2) is 17.8 Å². The lowest BCUT2D eigenvalue weighted by atomic mass is 10.1. The van der Waals surface area contributed by atoms with Gasteiger partial charge in [0.1, 0.15) is 11.6 Å². The number of aliphatic hydroxyl groups excluding tert-OH is 1. The molecule has 0 atom stereocenters. The fourth-order valence-electron chi connectivity index (χ4n) is 3.93.